The number of benzene rings is 1. The summed E-state index contributed by atoms with van der Waals surface area (Å²) >= 11 is 3.35. The summed E-state index contributed by atoms with van der Waals surface area (Å²) in [5.74, 6) is 0.903. The number of thioether (sulfide) groups is 1. The SMILES string of the molecule is Cc1nc(CSc2ccccc2C(=O)N(C)C2CCNC2)cs1. The fraction of sp³-hybridized carbons (Fsp3) is 0.412. The predicted octanol–water partition coefficient (Wildman–Crippen LogP) is 3.18. The Hall–Kier alpha value is -1.37. The van der Waals surface area contributed by atoms with Crippen LogP contribution in [0.1, 0.15) is 27.5 Å². The monoisotopic (exact) mass is 347 g/mol. The molecule has 3 rings (SSSR count). The molecule has 0 spiro atoms. The zero-order chi connectivity index (χ0) is 16.2. The number of aromatic nitrogens is 1. The van der Waals surface area contributed by atoms with Gasteiger partial charge >= 0.3 is 0 Å². The number of rotatable bonds is 5. The van der Waals surface area contributed by atoms with Gasteiger partial charge in [-0.05, 0) is 32.0 Å². The first-order valence-electron chi connectivity index (χ1n) is 7.76. The van der Waals surface area contributed by atoms with Crippen LogP contribution < -0.4 is 5.32 Å². The smallest absolute Gasteiger partial charge is 0.255 e. The van der Waals surface area contributed by atoms with E-state index in [4.69, 9.17) is 0 Å². The van der Waals surface area contributed by atoms with E-state index in [9.17, 15) is 4.79 Å². The minimum atomic E-state index is 0.108. The summed E-state index contributed by atoms with van der Waals surface area (Å²) in [5.41, 5.74) is 1.87. The van der Waals surface area contributed by atoms with Crippen LogP contribution in [0.15, 0.2) is 34.5 Å². The molecule has 2 aromatic rings. The molecule has 122 valence electrons. The fourth-order valence-electron chi connectivity index (χ4n) is 2.72. The number of hydrogen-bond acceptors (Lipinski definition) is 5. The van der Waals surface area contributed by atoms with Gasteiger partial charge in [-0.3, -0.25) is 4.79 Å². The second kappa shape index (κ2) is 7.47. The third-order valence-corrected chi connectivity index (χ3v) is 5.99. The highest BCUT2D eigenvalue weighted by Crippen LogP contribution is 2.28. The normalized spacial score (nSPS) is 17.4. The molecular weight excluding hydrogens is 326 g/mol. The molecule has 1 fully saturated rings. The van der Waals surface area contributed by atoms with Gasteiger partial charge in [0.25, 0.3) is 5.91 Å². The molecule has 1 saturated heterocycles. The molecule has 1 aromatic heterocycles. The Labute approximate surface area is 145 Å². The number of nitrogens with zero attached hydrogens (tertiary/aromatic N) is 2. The van der Waals surface area contributed by atoms with Gasteiger partial charge in [-0.1, -0.05) is 12.1 Å². The number of thiazole rings is 1. The average Bonchev–Trinajstić information content (AvgIpc) is 3.23. The van der Waals surface area contributed by atoms with Crippen LogP contribution in [0.4, 0.5) is 0 Å². The molecule has 1 amide bonds. The maximum atomic E-state index is 12.8. The minimum absolute atomic E-state index is 0.108. The fourth-order valence-corrected chi connectivity index (χ4v) is 4.38. The van der Waals surface area contributed by atoms with Crippen LogP contribution in [-0.4, -0.2) is 42.0 Å². The quantitative estimate of drug-likeness (QED) is 0.844. The van der Waals surface area contributed by atoms with Crippen molar-refractivity contribution in [2.45, 2.75) is 30.0 Å². The van der Waals surface area contributed by atoms with Crippen LogP contribution in [0, 0.1) is 6.92 Å². The molecule has 0 aliphatic carbocycles. The summed E-state index contributed by atoms with van der Waals surface area (Å²) in [7, 11) is 1.91. The lowest BCUT2D eigenvalue weighted by Gasteiger charge is -2.24. The highest BCUT2D eigenvalue weighted by atomic mass is 32.2. The zero-order valence-electron chi connectivity index (χ0n) is 13.4. The highest BCUT2D eigenvalue weighted by Gasteiger charge is 2.25. The molecule has 0 saturated carbocycles. The molecule has 1 atom stereocenters. The third kappa shape index (κ3) is 3.94. The molecular formula is C17H21N3OS2. The minimum Gasteiger partial charge on any atom is -0.337 e. The third-order valence-electron chi connectivity index (χ3n) is 4.06. The standard InChI is InChI=1S/C17H21N3OS2/c1-12-19-13(10-22-12)11-23-16-6-4-3-5-15(16)17(21)20(2)14-7-8-18-9-14/h3-6,10,14,18H,7-9,11H2,1-2H3. The van der Waals surface area contributed by atoms with E-state index in [0.29, 0.717) is 6.04 Å². The summed E-state index contributed by atoms with van der Waals surface area (Å²) in [6.07, 6.45) is 1.02. The number of hydrogen-bond donors (Lipinski definition) is 1. The van der Waals surface area contributed by atoms with Crippen molar-refractivity contribution in [1.82, 2.24) is 15.2 Å². The van der Waals surface area contributed by atoms with E-state index < -0.39 is 0 Å². The maximum Gasteiger partial charge on any atom is 0.255 e. The Kier molecular flexibility index (Phi) is 5.35. The summed E-state index contributed by atoms with van der Waals surface area (Å²) in [6.45, 7) is 3.89. The lowest BCUT2D eigenvalue weighted by molar-refractivity contribution is 0.0740. The van der Waals surface area contributed by atoms with E-state index in [1.165, 1.54) is 0 Å². The van der Waals surface area contributed by atoms with Crippen molar-refractivity contribution in [1.29, 1.82) is 0 Å². The van der Waals surface area contributed by atoms with Crippen molar-refractivity contribution in [3.8, 4) is 0 Å². The molecule has 4 nitrogen and oxygen atoms in total. The Morgan fingerprint density at radius 3 is 3.00 bits per heavy atom. The molecule has 6 heteroatoms. The van der Waals surface area contributed by atoms with E-state index in [0.717, 1.165) is 46.4 Å². The van der Waals surface area contributed by atoms with Crippen LogP contribution >= 0.6 is 23.1 Å². The van der Waals surface area contributed by atoms with E-state index in [2.05, 4.69) is 15.7 Å². The second-order valence-corrected chi connectivity index (χ2v) is 7.78. The summed E-state index contributed by atoms with van der Waals surface area (Å²) < 4.78 is 0. The van der Waals surface area contributed by atoms with E-state index in [1.54, 1.807) is 23.1 Å². The first-order valence-corrected chi connectivity index (χ1v) is 9.62. The van der Waals surface area contributed by atoms with E-state index in [1.807, 2.05) is 43.1 Å². The van der Waals surface area contributed by atoms with Crippen LogP contribution in [0.2, 0.25) is 0 Å². The molecule has 1 aliphatic rings. The molecule has 1 aliphatic heterocycles. The maximum absolute atomic E-state index is 12.8. The molecule has 1 N–H and O–H groups in total. The molecule has 1 aromatic carbocycles. The molecule has 0 bridgehead atoms. The largest absolute Gasteiger partial charge is 0.337 e. The van der Waals surface area contributed by atoms with Gasteiger partial charge in [-0.2, -0.15) is 0 Å². The number of aryl methyl sites for hydroxylation is 1. The van der Waals surface area contributed by atoms with Gasteiger partial charge < -0.3 is 10.2 Å². The van der Waals surface area contributed by atoms with Crippen LogP contribution in [-0.2, 0) is 5.75 Å². The lowest BCUT2D eigenvalue weighted by atomic mass is 10.1. The topological polar surface area (TPSA) is 45.2 Å². The Balaban J connectivity index is 1.72. The molecule has 2 heterocycles. The zero-order valence-corrected chi connectivity index (χ0v) is 15.0. The highest BCUT2D eigenvalue weighted by molar-refractivity contribution is 7.98. The summed E-state index contributed by atoms with van der Waals surface area (Å²) in [5, 5.41) is 6.49. The number of carbonyl (C=O) groups excluding carboxylic acids is 1. The van der Waals surface area contributed by atoms with Crippen molar-refractivity contribution < 1.29 is 4.79 Å². The number of carbonyl (C=O) groups is 1. The Morgan fingerprint density at radius 2 is 2.30 bits per heavy atom. The van der Waals surface area contributed by atoms with Crippen LogP contribution in [0.5, 0.6) is 0 Å². The van der Waals surface area contributed by atoms with Gasteiger partial charge in [0.2, 0.25) is 0 Å². The van der Waals surface area contributed by atoms with Gasteiger partial charge in [0, 0.05) is 35.7 Å². The first-order chi connectivity index (χ1) is 11.1. The van der Waals surface area contributed by atoms with Crippen molar-refractivity contribution >= 4 is 29.0 Å². The lowest BCUT2D eigenvalue weighted by Crippen LogP contribution is -2.38. The van der Waals surface area contributed by atoms with Crippen LogP contribution in [0.3, 0.4) is 0 Å². The van der Waals surface area contributed by atoms with Crippen molar-refractivity contribution in [2.24, 2.45) is 0 Å². The first kappa shape index (κ1) is 16.5. The van der Waals surface area contributed by atoms with Crippen LogP contribution in [0.25, 0.3) is 0 Å². The summed E-state index contributed by atoms with van der Waals surface area (Å²) in [6, 6.07) is 8.17. The molecule has 0 radical (unpaired) electrons. The van der Waals surface area contributed by atoms with Crippen molar-refractivity contribution in [3.05, 3.63) is 45.9 Å². The molecule has 23 heavy (non-hydrogen) atoms. The van der Waals surface area contributed by atoms with Gasteiger partial charge in [-0.15, -0.1) is 23.1 Å². The number of likely N-dealkylation sites (N-methyl/N-ethyl adjacent to an activating group) is 1. The van der Waals surface area contributed by atoms with Crippen molar-refractivity contribution in [2.75, 3.05) is 20.1 Å². The Bertz CT molecular complexity index is 680. The second-order valence-electron chi connectivity index (χ2n) is 5.71. The summed E-state index contributed by atoms with van der Waals surface area (Å²) in [4.78, 5) is 20.2. The number of nitrogens with one attached hydrogen (secondary N) is 1. The average molecular weight is 348 g/mol. The van der Waals surface area contributed by atoms with Crippen molar-refractivity contribution in [3.63, 3.8) is 0 Å². The van der Waals surface area contributed by atoms with Gasteiger partial charge in [0.05, 0.1) is 16.3 Å². The Morgan fingerprint density at radius 1 is 1.48 bits per heavy atom. The molecule has 1 unspecified atom stereocenters. The van der Waals surface area contributed by atoms with E-state index in [-0.39, 0.29) is 5.91 Å². The predicted molar refractivity (Wildman–Crippen MR) is 96.2 cm³/mol. The van der Waals surface area contributed by atoms with E-state index >= 15 is 0 Å². The van der Waals surface area contributed by atoms with Gasteiger partial charge in [0.1, 0.15) is 0 Å². The van der Waals surface area contributed by atoms with Gasteiger partial charge in [0.15, 0.2) is 0 Å². The van der Waals surface area contributed by atoms with Gasteiger partial charge in [-0.25, -0.2) is 4.98 Å². The number of amides is 1.